The second-order valence-corrected chi connectivity index (χ2v) is 3.21. The summed E-state index contributed by atoms with van der Waals surface area (Å²) in [6.45, 7) is 3.97. The lowest BCUT2D eigenvalue weighted by Crippen LogP contribution is -1.99. The Balaban J connectivity index is 3.85. The molecule has 58 valence electrons. The minimum atomic E-state index is -3.14. The highest BCUT2D eigenvalue weighted by molar-refractivity contribution is 7.65. The van der Waals surface area contributed by atoms with Crippen LogP contribution in [0.5, 0.6) is 0 Å². The molecule has 5 heteroatoms. The number of hydrogen-bond acceptors (Lipinski definition) is 4. The Kier molecular flexibility index (Phi) is 4.50. The van der Waals surface area contributed by atoms with Gasteiger partial charge in [-0.2, -0.15) is 13.9 Å². The first-order chi connectivity index (χ1) is 4.68. The van der Waals surface area contributed by atoms with Crippen LogP contribution in [0.4, 0.5) is 0 Å². The van der Waals surface area contributed by atoms with Gasteiger partial charge in [-0.25, -0.2) is 0 Å². The summed E-state index contributed by atoms with van der Waals surface area (Å²) in [5.41, 5.74) is 0. The third kappa shape index (κ3) is 3.09. The van der Waals surface area contributed by atoms with Crippen LogP contribution in [0.3, 0.4) is 0 Å². The summed E-state index contributed by atoms with van der Waals surface area (Å²) < 4.78 is 9.40. The molecule has 10 heavy (non-hydrogen) atoms. The fourth-order valence-corrected chi connectivity index (χ4v) is 1.33. The van der Waals surface area contributed by atoms with Crippen LogP contribution in [0.1, 0.15) is 13.8 Å². The standard InChI is InChI=1S/C5H11NO3P/c1-3-8-10(7,5-6)9-4-2/h7H,3-4H2,1-2H3/q+1. The van der Waals surface area contributed by atoms with Gasteiger partial charge in [0.25, 0.3) is 0 Å². The van der Waals surface area contributed by atoms with E-state index in [1.165, 1.54) is 0 Å². The third-order valence-corrected chi connectivity index (χ3v) is 2.20. The van der Waals surface area contributed by atoms with Crippen LogP contribution in [0.25, 0.3) is 0 Å². The molecule has 0 saturated carbocycles. The van der Waals surface area contributed by atoms with E-state index in [0.717, 1.165) is 0 Å². The molecule has 0 bridgehead atoms. The molecule has 1 N–H and O–H groups in total. The summed E-state index contributed by atoms with van der Waals surface area (Å²) in [6.07, 6.45) is 0. The molecule has 0 spiro atoms. The zero-order valence-corrected chi connectivity index (χ0v) is 6.97. The second-order valence-electron chi connectivity index (χ2n) is 1.46. The average molecular weight is 164 g/mol. The monoisotopic (exact) mass is 164 g/mol. The molecule has 0 aliphatic rings. The Morgan fingerprint density at radius 2 is 1.80 bits per heavy atom. The van der Waals surface area contributed by atoms with Gasteiger partial charge >= 0.3 is 13.8 Å². The van der Waals surface area contributed by atoms with Crippen LogP contribution in [0.15, 0.2) is 0 Å². The van der Waals surface area contributed by atoms with Gasteiger partial charge in [0.2, 0.25) is 0 Å². The minimum Gasteiger partial charge on any atom is -0.180 e. The fourth-order valence-electron chi connectivity index (χ4n) is 0.445. The van der Waals surface area contributed by atoms with Crippen molar-refractivity contribution in [3.63, 3.8) is 0 Å². The first-order valence-electron chi connectivity index (χ1n) is 3.00. The second kappa shape index (κ2) is 4.59. The lowest BCUT2D eigenvalue weighted by Gasteiger charge is -2.04. The molecule has 0 rings (SSSR count). The maximum Gasteiger partial charge on any atom is 0.523 e. The van der Waals surface area contributed by atoms with E-state index in [1.807, 2.05) is 0 Å². The molecule has 0 aromatic rings. The molecule has 0 heterocycles. The predicted octanol–water partition coefficient (Wildman–Crippen LogP) is 1.30. The molecule has 0 atom stereocenters. The summed E-state index contributed by atoms with van der Waals surface area (Å²) in [7, 11) is -3.14. The largest absolute Gasteiger partial charge is 0.523 e. The van der Waals surface area contributed by atoms with Gasteiger partial charge in [-0.15, -0.1) is 5.26 Å². The molecule has 0 saturated heterocycles. The van der Waals surface area contributed by atoms with Gasteiger partial charge in [-0.05, 0) is 13.8 Å². The first-order valence-corrected chi connectivity index (χ1v) is 4.58. The summed E-state index contributed by atoms with van der Waals surface area (Å²) in [5, 5.41) is 8.35. The Morgan fingerprint density at radius 3 is 2.00 bits per heavy atom. The zero-order valence-electron chi connectivity index (χ0n) is 6.07. The number of hydrogen-bond donors (Lipinski definition) is 1. The smallest absolute Gasteiger partial charge is 0.180 e. The molecule has 0 aromatic heterocycles. The van der Waals surface area contributed by atoms with Gasteiger partial charge < -0.3 is 0 Å². The van der Waals surface area contributed by atoms with Crippen LogP contribution < -0.4 is 0 Å². The predicted molar refractivity (Wildman–Crippen MR) is 38.0 cm³/mol. The number of nitrogens with zero attached hydrogens (tertiary/aromatic N) is 1. The highest BCUT2D eigenvalue weighted by Crippen LogP contribution is 2.55. The van der Waals surface area contributed by atoms with Gasteiger partial charge in [0.05, 0.1) is 13.2 Å². The van der Waals surface area contributed by atoms with E-state index in [4.69, 9.17) is 19.2 Å². The van der Waals surface area contributed by atoms with Crippen LogP contribution in [0.2, 0.25) is 0 Å². The molecule has 0 radical (unpaired) electrons. The number of nitriles is 1. The van der Waals surface area contributed by atoms with E-state index < -0.39 is 7.94 Å². The van der Waals surface area contributed by atoms with Crippen LogP contribution in [-0.4, -0.2) is 18.1 Å². The molecular weight excluding hydrogens is 153 g/mol. The maximum absolute atomic E-state index is 9.13. The SMILES string of the molecule is CCO[P+](O)(C#N)OCC. The van der Waals surface area contributed by atoms with Crippen molar-refractivity contribution in [3.8, 4) is 5.81 Å². The topological polar surface area (TPSA) is 62.5 Å². The van der Waals surface area contributed by atoms with Crippen LogP contribution in [0, 0.1) is 11.1 Å². The van der Waals surface area contributed by atoms with Crippen LogP contribution >= 0.6 is 7.94 Å². The van der Waals surface area contributed by atoms with Gasteiger partial charge in [0, 0.05) is 0 Å². The molecule has 0 amide bonds. The van der Waals surface area contributed by atoms with E-state index in [9.17, 15) is 0 Å². The van der Waals surface area contributed by atoms with Crippen molar-refractivity contribution in [1.29, 1.82) is 5.26 Å². The van der Waals surface area contributed by atoms with Crippen molar-refractivity contribution >= 4 is 7.94 Å². The third-order valence-electron chi connectivity index (χ3n) is 0.735. The first kappa shape index (κ1) is 9.80. The molecular formula is C5H11NO3P+. The molecule has 0 aromatic carbocycles. The van der Waals surface area contributed by atoms with Crippen molar-refractivity contribution in [3.05, 3.63) is 0 Å². The minimum absolute atomic E-state index is 0.290. The van der Waals surface area contributed by atoms with E-state index >= 15 is 0 Å². The summed E-state index contributed by atoms with van der Waals surface area (Å²) >= 11 is 0. The molecule has 4 nitrogen and oxygen atoms in total. The van der Waals surface area contributed by atoms with Crippen molar-refractivity contribution < 1.29 is 13.9 Å². The number of rotatable bonds is 4. The highest BCUT2D eigenvalue weighted by Gasteiger charge is 2.41. The zero-order chi connectivity index (χ0) is 8.04. The van der Waals surface area contributed by atoms with Crippen molar-refractivity contribution in [2.75, 3.05) is 13.2 Å². The van der Waals surface area contributed by atoms with Gasteiger partial charge in [0.1, 0.15) is 0 Å². The van der Waals surface area contributed by atoms with Gasteiger partial charge in [-0.1, -0.05) is 0 Å². The molecule has 0 aliphatic carbocycles. The van der Waals surface area contributed by atoms with Gasteiger partial charge in [-0.3, -0.25) is 0 Å². The van der Waals surface area contributed by atoms with Crippen LogP contribution in [-0.2, 0) is 9.05 Å². The normalized spacial score (nSPS) is 11.0. The van der Waals surface area contributed by atoms with E-state index in [1.54, 1.807) is 19.7 Å². The molecule has 0 aliphatic heterocycles. The van der Waals surface area contributed by atoms with Crippen molar-refractivity contribution in [2.24, 2.45) is 0 Å². The summed E-state index contributed by atoms with van der Waals surface area (Å²) in [5.74, 6) is 1.60. The van der Waals surface area contributed by atoms with Gasteiger partial charge in [0.15, 0.2) is 0 Å². The van der Waals surface area contributed by atoms with Crippen molar-refractivity contribution in [1.82, 2.24) is 0 Å². The fraction of sp³-hybridized carbons (Fsp3) is 0.800. The van der Waals surface area contributed by atoms with E-state index in [2.05, 4.69) is 0 Å². The van der Waals surface area contributed by atoms with E-state index in [-0.39, 0.29) is 13.2 Å². The summed E-state index contributed by atoms with van der Waals surface area (Å²) in [6, 6.07) is 0. The Hall–Kier alpha value is -0.200. The molecule has 0 unspecified atom stereocenters. The average Bonchev–Trinajstić information content (AvgIpc) is 1.89. The summed E-state index contributed by atoms with van der Waals surface area (Å²) in [4.78, 5) is 9.13. The quantitative estimate of drug-likeness (QED) is 0.636. The maximum atomic E-state index is 9.13. The van der Waals surface area contributed by atoms with E-state index in [0.29, 0.717) is 0 Å². The highest BCUT2D eigenvalue weighted by atomic mass is 31.2. The lowest BCUT2D eigenvalue weighted by atomic mass is 10.9. The van der Waals surface area contributed by atoms with Crippen molar-refractivity contribution in [2.45, 2.75) is 13.8 Å². The Morgan fingerprint density at radius 1 is 1.40 bits per heavy atom. The Labute approximate surface area is 61.0 Å². The lowest BCUT2D eigenvalue weighted by molar-refractivity contribution is 0.201. The molecule has 0 fully saturated rings. The Bertz CT molecular complexity index is 127.